The summed E-state index contributed by atoms with van der Waals surface area (Å²) in [6, 6.07) is 8.11. The van der Waals surface area contributed by atoms with Crippen LogP contribution in [0.5, 0.6) is 0 Å². The van der Waals surface area contributed by atoms with Gasteiger partial charge >= 0.3 is 0 Å². The molecule has 8 heteroatoms. The molecule has 0 bridgehead atoms. The number of halogens is 1. The normalized spacial score (nSPS) is 17.1. The number of piperazine rings is 1. The molecule has 0 unspecified atom stereocenters. The summed E-state index contributed by atoms with van der Waals surface area (Å²) in [6.45, 7) is 1.97. The van der Waals surface area contributed by atoms with E-state index in [4.69, 9.17) is 22.1 Å². The number of sulfonamides is 1. The monoisotopic (exact) mass is 324 g/mol. The van der Waals surface area contributed by atoms with Gasteiger partial charge in [0.2, 0.25) is 10.0 Å². The van der Waals surface area contributed by atoms with E-state index >= 15 is 0 Å². The molecule has 0 aromatic heterocycles. The zero-order valence-electron chi connectivity index (χ0n) is 11.2. The summed E-state index contributed by atoms with van der Waals surface area (Å²) < 4.78 is 26.4. The quantitative estimate of drug-likeness (QED) is 0.775. The van der Waals surface area contributed by atoms with Gasteiger partial charge in [0.25, 0.3) is 0 Å². The summed E-state index contributed by atoms with van der Waals surface area (Å²) in [5.41, 5.74) is 0.317. The summed E-state index contributed by atoms with van der Waals surface area (Å²) in [6.07, 6.45) is 0. The van der Waals surface area contributed by atoms with E-state index in [1.807, 2.05) is 11.0 Å². The fourth-order valence-corrected chi connectivity index (χ4v) is 4.09. The number of nitriles is 2. The number of hydrogen-bond donors (Lipinski definition) is 0. The lowest BCUT2D eigenvalue weighted by atomic mass is 10.2. The molecule has 0 saturated carbocycles. The van der Waals surface area contributed by atoms with Crippen molar-refractivity contribution in [1.82, 2.24) is 9.21 Å². The molecular weight excluding hydrogens is 312 g/mol. The van der Waals surface area contributed by atoms with Crippen molar-refractivity contribution >= 4 is 21.6 Å². The Kier molecular flexibility index (Phi) is 4.81. The van der Waals surface area contributed by atoms with Crippen LogP contribution in [0.25, 0.3) is 0 Å². The van der Waals surface area contributed by atoms with Crippen molar-refractivity contribution in [2.45, 2.75) is 4.90 Å². The Hall–Kier alpha value is -1.64. The Labute approximate surface area is 128 Å². The number of hydrogen-bond acceptors (Lipinski definition) is 5. The third kappa shape index (κ3) is 3.34. The number of nitrogens with zero attached hydrogens (tertiary/aromatic N) is 4. The molecule has 0 radical (unpaired) electrons. The van der Waals surface area contributed by atoms with Crippen molar-refractivity contribution in [3.8, 4) is 12.1 Å². The molecule has 1 heterocycles. The zero-order chi connectivity index (χ0) is 15.5. The molecule has 1 fully saturated rings. The lowest BCUT2D eigenvalue weighted by Crippen LogP contribution is -2.48. The predicted octanol–water partition coefficient (Wildman–Crippen LogP) is 1.04. The van der Waals surface area contributed by atoms with Gasteiger partial charge in [0, 0.05) is 26.2 Å². The SMILES string of the molecule is N#CCN1CCN(S(=O)(=O)c2ccc(C#N)cc2Cl)CC1. The van der Waals surface area contributed by atoms with E-state index < -0.39 is 10.0 Å². The van der Waals surface area contributed by atoms with Crippen LogP contribution in [0.3, 0.4) is 0 Å². The van der Waals surface area contributed by atoms with Gasteiger partial charge < -0.3 is 0 Å². The average molecular weight is 325 g/mol. The lowest BCUT2D eigenvalue weighted by molar-refractivity contribution is 0.206. The average Bonchev–Trinajstić information content (AvgIpc) is 2.47. The van der Waals surface area contributed by atoms with Gasteiger partial charge in [0.1, 0.15) is 4.90 Å². The molecule has 0 aliphatic carbocycles. The topological polar surface area (TPSA) is 88.2 Å². The molecule has 1 saturated heterocycles. The van der Waals surface area contributed by atoms with Crippen molar-refractivity contribution in [2.24, 2.45) is 0 Å². The minimum absolute atomic E-state index is 0.0110. The Balaban J connectivity index is 2.20. The van der Waals surface area contributed by atoms with Crippen LogP contribution in [0.1, 0.15) is 5.56 Å². The second-order valence-corrected chi connectivity index (χ2v) is 6.91. The Bertz CT molecular complexity index is 713. The highest BCUT2D eigenvalue weighted by Gasteiger charge is 2.29. The predicted molar refractivity (Wildman–Crippen MR) is 77.0 cm³/mol. The molecule has 1 aliphatic heterocycles. The molecule has 1 aromatic carbocycles. The van der Waals surface area contributed by atoms with Gasteiger partial charge in [-0.3, -0.25) is 4.90 Å². The second kappa shape index (κ2) is 6.42. The van der Waals surface area contributed by atoms with E-state index in [0.29, 0.717) is 38.3 Å². The van der Waals surface area contributed by atoms with E-state index in [0.717, 1.165) is 0 Å². The number of rotatable bonds is 3. The Morgan fingerprint density at radius 3 is 2.38 bits per heavy atom. The van der Waals surface area contributed by atoms with Crippen molar-refractivity contribution < 1.29 is 8.42 Å². The molecule has 2 rings (SSSR count). The van der Waals surface area contributed by atoms with Gasteiger partial charge in [0.15, 0.2) is 0 Å². The van der Waals surface area contributed by atoms with Gasteiger partial charge in [0.05, 0.1) is 29.3 Å². The van der Waals surface area contributed by atoms with Crippen LogP contribution in [-0.2, 0) is 10.0 Å². The summed E-state index contributed by atoms with van der Waals surface area (Å²) in [4.78, 5) is 1.91. The maximum Gasteiger partial charge on any atom is 0.244 e. The fourth-order valence-electron chi connectivity index (χ4n) is 2.15. The fraction of sp³-hybridized carbons (Fsp3) is 0.385. The molecule has 110 valence electrons. The first-order valence-corrected chi connectivity index (χ1v) is 8.10. The van der Waals surface area contributed by atoms with Gasteiger partial charge in [-0.25, -0.2) is 8.42 Å². The third-order valence-electron chi connectivity index (χ3n) is 3.30. The van der Waals surface area contributed by atoms with Crippen molar-refractivity contribution in [3.05, 3.63) is 28.8 Å². The molecule has 0 atom stereocenters. The maximum absolute atomic E-state index is 12.5. The highest BCUT2D eigenvalue weighted by atomic mass is 35.5. The van der Waals surface area contributed by atoms with Crippen LogP contribution >= 0.6 is 11.6 Å². The maximum atomic E-state index is 12.5. The summed E-state index contributed by atoms with van der Waals surface area (Å²) in [5.74, 6) is 0. The number of benzene rings is 1. The molecule has 1 aromatic rings. The first kappa shape index (κ1) is 15.7. The van der Waals surface area contributed by atoms with E-state index in [1.165, 1.54) is 22.5 Å². The molecule has 0 N–H and O–H groups in total. The van der Waals surface area contributed by atoms with E-state index in [-0.39, 0.29) is 9.92 Å². The van der Waals surface area contributed by atoms with Crippen molar-refractivity contribution in [1.29, 1.82) is 10.5 Å². The van der Waals surface area contributed by atoms with E-state index in [9.17, 15) is 8.42 Å². The molecule has 0 amide bonds. The van der Waals surface area contributed by atoms with E-state index in [1.54, 1.807) is 0 Å². The second-order valence-electron chi connectivity index (χ2n) is 4.60. The highest BCUT2D eigenvalue weighted by Crippen LogP contribution is 2.26. The third-order valence-corrected chi connectivity index (χ3v) is 5.69. The summed E-state index contributed by atoms with van der Waals surface area (Å²) >= 11 is 5.98. The Morgan fingerprint density at radius 2 is 1.86 bits per heavy atom. The lowest BCUT2D eigenvalue weighted by Gasteiger charge is -2.32. The molecule has 1 aliphatic rings. The minimum Gasteiger partial charge on any atom is -0.288 e. The van der Waals surface area contributed by atoms with Crippen LogP contribution in [0.15, 0.2) is 23.1 Å². The van der Waals surface area contributed by atoms with E-state index in [2.05, 4.69) is 6.07 Å². The highest BCUT2D eigenvalue weighted by molar-refractivity contribution is 7.89. The Morgan fingerprint density at radius 1 is 1.19 bits per heavy atom. The van der Waals surface area contributed by atoms with Crippen LogP contribution < -0.4 is 0 Å². The first-order valence-electron chi connectivity index (χ1n) is 6.28. The van der Waals surface area contributed by atoms with Gasteiger partial charge in [-0.05, 0) is 18.2 Å². The standard InChI is InChI=1S/C13H13ClN4O2S/c14-12-9-11(10-16)1-2-13(12)21(19,20)18-7-5-17(4-3-15)6-8-18/h1-2,9H,4-8H2. The van der Waals surface area contributed by atoms with Crippen molar-refractivity contribution in [2.75, 3.05) is 32.7 Å². The van der Waals surface area contributed by atoms with Crippen LogP contribution in [0.2, 0.25) is 5.02 Å². The first-order chi connectivity index (χ1) is 9.98. The van der Waals surface area contributed by atoms with Gasteiger partial charge in [-0.2, -0.15) is 14.8 Å². The summed E-state index contributed by atoms with van der Waals surface area (Å²) in [7, 11) is -3.67. The van der Waals surface area contributed by atoms with Gasteiger partial charge in [-0.1, -0.05) is 11.6 Å². The minimum atomic E-state index is -3.67. The molecule has 21 heavy (non-hydrogen) atoms. The smallest absolute Gasteiger partial charge is 0.244 e. The molecular formula is C13H13ClN4O2S. The molecule has 6 nitrogen and oxygen atoms in total. The zero-order valence-corrected chi connectivity index (χ0v) is 12.7. The summed E-state index contributed by atoms with van der Waals surface area (Å²) in [5, 5.41) is 17.5. The van der Waals surface area contributed by atoms with Crippen LogP contribution in [0.4, 0.5) is 0 Å². The largest absolute Gasteiger partial charge is 0.288 e. The van der Waals surface area contributed by atoms with Crippen molar-refractivity contribution in [3.63, 3.8) is 0 Å². The van der Waals surface area contributed by atoms with Crippen LogP contribution in [0, 0.1) is 22.7 Å². The van der Waals surface area contributed by atoms with Gasteiger partial charge in [-0.15, -0.1) is 0 Å². The van der Waals surface area contributed by atoms with Crippen LogP contribution in [-0.4, -0.2) is 50.3 Å². The molecule has 0 spiro atoms.